The van der Waals surface area contributed by atoms with Crippen LogP contribution in [0.4, 0.5) is 17.1 Å². The van der Waals surface area contributed by atoms with Crippen molar-refractivity contribution in [2.45, 2.75) is 19.3 Å². The Morgan fingerprint density at radius 1 is 0.941 bits per heavy atom. The molecule has 8 nitrogen and oxygen atoms in total. The third-order valence-corrected chi connectivity index (χ3v) is 7.09. The van der Waals surface area contributed by atoms with Crippen molar-refractivity contribution in [3.63, 3.8) is 0 Å². The number of carbonyl (C=O) groups is 1. The number of anilines is 2. The highest BCUT2D eigenvalue weighted by atomic mass is 35.5. The summed E-state index contributed by atoms with van der Waals surface area (Å²) in [7, 11) is 0. The van der Waals surface area contributed by atoms with Gasteiger partial charge in [0.2, 0.25) is 0 Å². The van der Waals surface area contributed by atoms with Gasteiger partial charge in [-0.25, -0.2) is 0 Å². The molecule has 1 amide bonds. The molecular weight excluding hydrogens is 497 g/mol. The molecule has 2 heterocycles. The van der Waals surface area contributed by atoms with Crippen LogP contribution in [0.2, 0.25) is 10.0 Å². The number of thiocarbonyl (C=S) groups is 1. The van der Waals surface area contributed by atoms with Crippen molar-refractivity contribution in [2.75, 3.05) is 49.1 Å². The van der Waals surface area contributed by atoms with Crippen LogP contribution in [0, 0.1) is 10.1 Å². The molecule has 0 spiro atoms. The van der Waals surface area contributed by atoms with Crippen molar-refractivity contribution in [1.29, 1.82) is 0 Å². The lowest BCUT2D eigenvalue weighted by Gasteiger charge is -2.37. The number of rotatable bonds is 4. The van der Waals surface area contributed by atoms with Gasteiger partial charge < -0.3 is 14.7 Å². The van der Waals surface area contributed by atoms with E-state index in [9.17, 15) is 14.9 Å². The lowest BCUT2D eigenvalue weighted by Crippen LogP contribution is -2.52. The largest absolute Gasteiger partial charge is 0.368 e. The van der Waals surface area contributed by atoms with Crippen molar-refractivity contribution in [3.05, 3.63) is 62.1 Å². The van der Waals surface area contributed by atoms with Gasteiger partial charge in [-0.2, -0.15) is 0 Å². The molecule has 2 fully saturated rings. The molecule has 34 heavy (non-hydrogen) atoms. The molecule has 0 radical (unpaired) electrons. The fourth-order valence-electron chi connectivity index (χ4n) is 4.34. The molecule has 0 unspecified atom stereocenters. The molecular formula is C23H25Cl2N5O3S. The number of nitro groups is 1. The van der Waals surface area contributed by atoms with Crippen molar-refractivity contribution < 1.29 is 9.72 Å². The van der Waals surface area contributed by atoms with Crippen LogP contribution in [0.5, 0.6) is 0 Å². The van der Waals surface area contributed by atoms with Crippen LogP contribution in [0.25, 0.3) is 0 Å². The number of amides is 1. The maximum Gasteiger partial charge on any atom is 0.292 e. The number of nitro benzene ring substituents is 1. The summed E-state index contributed by atoms with van der Waals surface area (Å²) < 4.78 is 0. The number of benzene rings is 2. The van der Waals surface area contributed by atoms with Crippen molar-refractivity contribution in [2.24, 2.45) is 0 Å². The smallest absolute Gasteiger partial charge is 0.292 e. The highest BCUT2D eigenvalue weighted by Crippen LogP contribution is 2.34. The number of carbonyl (C=O) groups excluding carboxylic acids is 1. The Hall–Kier alpha value is -2.62. The van der Waals surface area contributed by atoms with Gasteiger partial charge in [-0.05, 0) is 61.8 Å². The van der Waals surface area contributed by atoms with Gasteiger partial charge in [0.25, 0.3) is 11.6 Å². The maximum atomic E-state index is 12.6. The van der Waals surface area contributed by atoms with Crippen LogP contribution < -0.4 is 15.1 Å². The summed E-state index contributed by atoms with van der Waals surface area (Å²) in [5.74, 6) is -0.379. The van der Waals surface area contributed by atoms with Crippen LogP contribution in [0.15, 0.2) is 36.4 Å². The van der Waals surface area contributed by atoms with Gasteiger partial charge in [0.1, 0.15) is 5.69 Å². The average Bonchev–Trinajstić information content (AvgIpc) is 2.84. The summed E-state index contributed by atoms with van der Waals surface area (Å²) in [6.45, 7) is 4.25. The minimum absolute atomic E-state index is 0.147. The zero-order valence-corrected chi connectivity index (χ0v) is 20.8. The summed E-state index contributed by atoms with van der Waals surface area (Å²) in [5.41, 5.74) is 2.10. The first-order chi connectivity index (χ1) is 16.3. The van der Waals surface area contributed by atoms with Crippen molar-refractivity contribution in [3.8, 4) is 0 Å². The van der Waals surface area contributed by atoms with E-state index in [1.807, 2.05) is 17.0 Å². The molecule has 180 valence electrons. The second-order valence-electron chi connectivity index (χ2n) is 8.34. The first-order valence-electron chi connectivity index (χ1n) is 11.2. The Morgan fingerprint density at radius 2 is 1.65 bits per heavy atom. The fourth-order valence-corrected chi connectivity index (χ4v) is 5.11. The molecule has 11 heteroatoms. The van der Waals surface area contributed by atoms with Crippen LogP contribution >= 0.6 is 35.4 Å². The minimum Gasteiger partial charge on any atom is -0.368 e. The molecule has 1 N–H and O–H groups in total. The molecule has 0 saturated carbocycles. The van der Waals surface area contributed by atoms with E-state index in [-0.39, 0.29) is 21.5 Å². The van der Waals surface area contributed by atoms with E-state index < -0.39 is 0 Å². The lowest BCUT2D eigenvalue weighted by atomic mass is 10.1. The number of hydrogen-bond acceptors (Lipinski definition) is 6. The number of nitrogens with one attached hydrogen (secondary N) is 1. The zero-order valence-electron chi connectivity index (χ0n) is 18.5. The van der Waals surface area contributed by atoms with Crippen LogP contribution in [0.3, 0.4) is 0 Å². The van der Waals surface area contributed by atoms with Gasteiger partial charge in [0, 0.05) is 56.0 Å². The van der Waals surface area contributed by atoms with E-state index in [1.165, 1.54) is 6.07 Å². The van der Waals surface area contributed by atoms with Crippen molar-refractivity contribution >= 4 is 63.5 Å². The fraction of sp³-hybridized carbons (Fsp3) is 0.391. The van der Waals surface area contributed by atoms with Gasteiger partial charge in [-0.15, -0.1) is 0 Å². The number of piperidine rings is 1. The number of hydrogen-bond donors (Lipinski definition) is 1. The Morgan fingerprint density at radius 3 is 2.29 bits per heavy atom. The average molecular weight is 522 g/mol. The third-order valence-electron chi connectivity index (χ3n) is 6.18. The Labute approximate surface area is 213 Å². The van der Waals surface area contributed by atoms with E-state index in [2.05, 4.69) is 15.1 Å². The Kier molecular flexibility index (Phi) is 7.75. The molecule has 0 aromatic heterocycles. The summed E-state index contributed by atoms with van der Waals surface area (Å²) in [5, 5.41) is 15.4. The van der Waals surface area contributed by atoms with Crippen LogP contribution in [-0.4, -0.2) is 60.1 Å². The molecule has 2 saturated heterocycles. The Balaban J connectivity index is 1.39. The predicted octanol–water partition coefficient (Wildman–Crippen LogP) is 4.73. The molecule has 0 atom stereocenters. The highest BCUT2D eigenvalue weighted by molar-refractivity contribution is 7.80. The van der Waals surface area contributed by atoms with Gasteiger partial charge in [0.05, 0.1) is 15.5 Å². The monoisotopic (exact) mass is 521 g/mol. The van der Waals surface area contributed by atoms with E-state index in [0.717, 1.165) is 38.0 Å². The maximum absolute atomic E-state index is 12.6. The molecule has 2 aliphatic heterocycles. The quantitative estimate of drug-likeness (QED) is 0.353. The first-order valence-corrected chi connectivity index (χ1v) is 12.3. The third kappa shape index (κ3) is 5.54. The predicted molar refractivity (Wildman–Crippen MR) is 139 cm³/mol. The van der Waals surface area contributed by atoms with Gasteiger partial charge in [-0.3, -0.25) is 20.2 Å². The van der Waals surface area contributed by atoms with Crippen LogP contribution in [-0.2, 0) is 0 Å². The molecule has 2 aromatic rings. The lowest BCUT2D eigenvalue weighted by molar-refractivity contribution is -0.384. The van der Waals surface area contributed by atoms with Gasteiger partial charge in [-0.1, -0.05) is 23.2 Å². The normalized spacial score (nSPS) is 16.4. The number of halogens is 2. The second kappa shape index (κ2) is 10.8. The standard InChI is InChI=1S/C23H25Cl2N5O3S/c24-16-4-6-18(19(25)14-16)22(31)26-23(34)29-12-10-27(11-13-29)17-5-7-20(30(32)33)21(15-17)28-8-2-1-3-9-28/h4-7,14-15H,1-3,8-13H2,(H,26,31,34). The number of piperazine rings is 1. The van der Waals surface area contributed by atoms with E-state index in [4.69, 9.17) is 35.4 Å². The highest BCUT2D eigenvalue weighted by Gasteiger charge is 2.25. The molecule has 0 bridgehead atoms. The van der Waals surface area contributed by atoms with E-state index in [1.54, 1.807) is 18.2 Å². The minimum atomic E-state index is -0.379. The van der Waals surface area contributed by atoms with E-state index >= 15 is 0 Å². The zero-order chi connectivity index (χ0) is 24.2. The first kappa shape index (κ1) is 24.5. The van der Waals surface area contributed by atoms with E-state index in [0.29, 0.717) is 47.6 Å². The second-order valence-corrected chi connectivity index (χ2v) is 9.57. The molecule has 2 aliphatic rings. The summed E-state index contributed by atoms with van der Waals surface area (Å²) >= 11 is 17.5. The number of nitrogens with zero attached hydrogens (tertiary/aromatic N) is 4. The Bertz CT molecular complexity index is 1100. The van der Waals surface area contributed by atoms with Crippen LogP contribution in [0.1, 0.15) is 29.6 Å². The van der Waals surface area contributed by atoms with Gasteiger partial charge >= 0.3 is 0 Å². The molecule has 0 aliphatic carbocycles. The topological polar surface area (TPSA) is 82.0 Å². The summed E-state index contributed by atoms with van der Waals surface area (Å²) in [6, 6.07) is 10.0. The molecule has 4 rings (SSSR count). The summed E-state index contributed by atoms with van der Waals surface area (Å²) in [4.78, 5) is 30.1. The SMILES string of the molecule is O=C(NC(=S)N1CCN(c2ccc([N+](=O)[O-])c(N3CCCCC3)c2)CC1)c1ccc(Cl)cc1Cl. The van der Waals surface area contributed by atoms with Gasteiger partial charge in [0.15, 0.2) is 5.11 Å². The van der Waals surface area contributed by atoms with Crippen molar-refractivity contribution in [1.82, 2.24) is 10.2 Å². The molecule has 2 aromatic carbocycles. The summed E-state index contributed by atoms with van der Waals surface area (Å²) in [6.07, 6.45) is 3.25.